The zero-order chi connectivity index (χ0) is 10.4. The fourth-order valence-corrected chi connectivity index (χ4v) is 2.81. The van der Waals surface area contributed by atoms with Gasteiger partial charge in [-0.25, -0.2) is 0 Å². The van der Waals surface area contributed by atoms with Gasteiger partial charge in [-0.3, -0.25) is 4.90 Å². The summed E-state index contributed by atoms with van der Waals surface area (Å²) in [7, 11) is 0. The third-order valence-electron chi connectivity index (χ3n) is 3.55. The first kappa shape index (κ1) is 12.0. The predicted octanol–water partition coefficient (Wildman–Crippen LogP) is 2.68. The van der Waals surface area contributed by atoms with E-state index in [1.54, 1.807) is 0 Å². The Morgan fingerprint density at radius 1 is 1.14 bits per heavy atom. The van der Waals surface area contributed by atoms with E-state index in [-0.39, 0.29) is 0 Å². The van der Waals surface area contributed by atoms with Crippen LogP contribution in [0.15, 0.2) is 0 Å². The molecule has 0 aromatic carbocycles. The molecule has 2 aliphatic heterocycles. The smallest absolute Gasteiger partial charge is 0.0483 e. The van der Waals surface area contributed by atoms with E-state index in [2.05, 4.69) is 11.8 Å². The van der Waals surface area contributed by atoms with Crippen LogP contribution in [-0.4, -0.2) is 36.7 Å². The molecule has 0 aliphatic carbocycles. The molecule has 0 N–H and O–H groups in total. The highest BCUT2D eigenvalue weighted by Crippen LogP contribution is 2.37. The Morgan fingerprint density at radius 3 is 2.36 bits per heavy atom. The first-order chi connectivity index (χ1) is 6.87. The second-order valence-corrected chi connectivity index (χ2v) is 4.02. The van der Waals surface area contributed by atoms with Crippen molar-refractivity contribution in [2.24, 2.45) is 0 Å². The zero-order valence-electron chi connectivity index (χ0n) is 10.0. The second kappa shape index (κ2) is 5.72. The van der Waals surface area contributed by atoms with Crippen molar-refractivity contribution in [3.8, 4) is 0 Å². The molecule has 0 bridgehead atoms. The lowest BCUT2D eigenvalue weighted by Gasteiger charge is -2.41. The third kappa shape index (κ3) is 2.29. The van der Waals surface area contributed by atoms with Gasteiger partial charge in [0.25, 0.3) is 0 Å². The van der Waals surface area contributed by atoms with Crippen LogP contribution in [0.3, 0.4) is 0 Å². The highest BCUT2D eigenvalue weighted by atomic mass is 16.5. The Hall–Kier alpha value is -0.0800. The van der Waals surface area contributed by atoms with Gasteiger partial charge < -0.3 is 4.74 Å². The van der Waals surface area contributed by atoms with Gasteiger partial charge in [-0.1, -0.05) is 20.8 Å². The molecular weight excluding hydrogens is 174 g/mol. The molecule has 0 atom stereocenters. The zero-order valence-corrected chi connectivity index (χ0v) is 10.0. The highest BCUT2D eigenvalue weighted by Gasteiger charge is 2.40. The molecule has 2 aliphatic rings. The molecule has 0 aromatic rings. The topological polar surface area (TPSA) is 12.5 Å². The number of ether oxygens (including phenoxy) is 1. The number of nitrogens with zero attached hydrogens (tertiary/aromatic N) is 1. The van der Waals surface area contributed by atoms with E-state index in [1.807, 2.05) is 13.8 Å². The van der Waals surface area contributed by atoms with Crippen molar-refractivity contribution < 1.29 is 4.74 Å². The maximum Gasteiger partial charge on any atom is 0.0483 e. The molecule has 0 radical (unpaired) electrons. The van der Waals surface area contributed by atoms with Crippen LogP contribution in [-0.2, 0) is 4.74 Å². The van der Waals surface area contributed by atoms with E-state index in [4.69, 9.17) is 4.74 Å². The van der Waals surface area contributed by atoms with Crippen LogP contribution in [0.5, 0.6) is 0 Å². The SMILES string of the molecule is CC.CCN1CCCC12CCOCC2. The minimum Gasteiger partial charge on any atom is -0.381 e. The minimum absolute atomic E-state index is 0.549. The third-order valence-corrected chi connectivity index (χ3v) is 3.55. The Labute approximate surface area is 88.6 Å². The molecule has 2 heteroatoms. The molecule has 0 unspecified atom stereocenters. The van der Waals surface area contributed by atoms with E-state index >= 15 is 0 Å². The van der Waals surface area contributed by atoms with E-state index in [1.165, 1.54) is 38.8 Å². The molecule has 2 nitrogen and oxygen atoms in total. The fourth-order valence-electron chi connectivity index (χ4n) is 2.81. The van der Waals surface area contributed by atoms with Crippen molar-refractivity contribution in [3.05, 3.63) is 0 Å². The van der Waals surface area contributed by atoms with Crippen LogP contribution in [0.1, 0.15) is 46.5 Å². The number of likely N-dealkylation sites (tertiary alicyclic amines) is 1. The van der Waals surface area contributed by atoms with Gasteiger partial charge in [0.2, 0.25) is 0 Å². The molecule has 1 spiro atoms. The van der Waals surface area contributed by atoms with E-state index < -0.39 is 0 Å². The number of rotatable bonds is 1. The normalized spacial score (nSPS) is 25.9. The van der Waals surface area contributed by atoms with Gasteiger partial charge in [0.1, 0.15) is 0 Å². The summed E-state index contributed by atoms with van der Waals surface area (Å²) in [5, 5.41) is 0. The maximum absolute atomic E-state index is 5.42. The van der Waals surface area contributed by atoms with E-state index in [0.29, 0.717) is 5.54 Å². The lowest BCUT2D eigenvalue weighted by molar-refractivity contribution is -0.00595. The molecular formula is C12H25NO. The highest BCUT2D eigenvalue weighted by molar-refractivity contribution is 4.96. The molecule has 14 heavy (non-hydrogen) atoms. The largest absolute Gasteiger partial charge is 0.381 e. The van der Waals surface area contributed by atoms with Crippen LogP contribution >= 0.6 is 0 Å². The minimum atomic E-state index is 0.549. The van der Waals surface area contributed by atoms with Gasteiger partial charge in [-0.15, -0.1) is 0 Å². The predicted molar refractivity (Wildman–Crippen MR) is 60.6 cm³/mol. The molecule has 0 aromatic heterocycles. The fraction of sp³-hybridized carbons (Fsp3) is 1.00. The summed E-state index contributed by atoms with van der Waals surface area (Å²) in [6.45, 7) is 10.8. The van der Waals surface area contributed by atoms with Gasteiger partial charge in [-0.2, -0.15) is 0 Å². The molecule has 2 heterocycles. The summed E-state index contributed by atoms with van der Waals surface area (Å²) in [6.07, 6.45) is 5.33. The summed E-state index contributed by atoms with van der Waals surface area (Å²) >= 11 is 0. The van der Waals surface area contributed by atoms with Crippen LogP contribution in [0.2, 0.25) is 0 Å². The monoisotopic (exact) mass is 199 g/mol. The standard InChI is InChI=1S/C10H19NO.C2H6/c1-2-11-7-3-4-10(11)5-8-12-9-6-10;1-2/h2-9H2,1H3;1-2H3. The first-order valence-electron chi connectivity index (χ1n) is 6.20. The summed E-state index contributed by atoms with van der Waals surface area (Å²) in [5.41, 5.74) is 0.549. The van der Waals surface area contributed by atoms with Crippen molar-refractivity contribution in [3.63, 3.8) is 0 Å². The molecule has 2 rings (SSSR count). The Balaban J connectivity index is 0.000000461. The van der Waals surface area contributed by atoms with Crippen molar-refractivity contribution in [2.75, 3.05) is 26.3 Å². The van der Waals surface area contributed by atoms with Crippen LogP contribution in [0.4, 0.5) is 0 Å². The van der Waals surface area contributed by atoms with Crippen LogP contribution < -0.4 is 0 Å². The van der Waals surface area contributed by atoms with Gasteiger partial charge in [0.15, 0.2) is 0 Å². The second-order valence-electron chi connectivity index (χ2n) is 4.02. The quantitative estimate of drug-likeness (QED) is 0.644. The summed E-state index contributed by atoms with van der Waals surface area (Å²) in [4.78, 5) is 2.66. The van der Waals surface area contributed by atoms with Crippen molar-refractivity contribution >= 4 is 0 Å². The van der Waals surface area contributed by atoms with Gasteiger partial charge in [-0.05, 0) is 38.8 Å². The van der Waals surface area contributed by atoms with Gasteiger partial charge in [0, 0.05) is 18.8 Å². The van der Waals surface area contributed by atoms with Gasteiger partial charge in [0.05, 0.1) is 0 Å². The molecule has 2 fully saturated rings. The summed E-state index contributed by atoms with van der Waals surface area (Å²) in [6, 6.07) is 0. The van der Waals surface area contributed by atoms with E-state index in [0.717, 1.165) is 13.2 Å². The van der Waals surface area contributed by atoms with Crippen molar-refractivity contribution in [1.82, 2.24) is 4.90 Å². The Morgan fingerprint density at radius 2 is 1.79 bits per heavy atom. The Kier molecular flexibility index (Phi) is 4.90. The van der Waals surface area contributed by atoms with Crippen molar-refractivity contribution in [2.45, 2.75) is 52.0 Å². The van der Waals surface area contributed by atoms with Crippen LogP contribution in [0.25, 0.3) is 0 Å². The molecule has 2 saturated heterocycles. The maximum atomic E-state index is 5.42. The summed E-state index contributed by atoms with van der Waals surface area (Å²) in [5.74, 6) is 0. The molecule has 0 amide bonds. The number of hydrogen-bond acceptors (Lipinski definition) is 2. The van der Waals surface area contributed by atoms with Crippen molar-refractivity contribution in [1.29, 1.82) is 0 Å². The van der Waals surface area contributed by atoms with Crippen LogP contribution in [0, 0.1) is 0 Å². The lowest BCUT2D eigenvalue weighted by Crippen LogP contribution is -2.47. The van der Waals surface area contributed by atoms with Gasteiger partial charge >= 0.3 is 0 Å². The lowest BCUT2D eigenvalue weighted by atomic mass is 9.87. The average molecular weight is 199 g/mol. The van der Waals surface area contributed by atoms with E-state index in [9.17, 15) is 0 Å². The molecule has 0 saturated carbocycles. The Bertz CT molecular complexity index is 152. The average Bonchev–Trinajstić information content (AvgIpc) is 2.65. The summed E-state index contributed by atoms with van der Waals surface area (Å²) < 4.78 is 5.42. The number of hydrogen-bond donors (Lipinski definition) is 0. The first-order valence-corrected chi connectivity index (χ1v) is 6.20. The molecule has 84 valence electrons.